The molecule has 43 heavy (non-hydrogen) atoms. The molecule has 0 aliphatic carbocycles. The number of hydrogen-bond donors (Lipinski definition) is 0. The molecule has 0 bridgehead atoms. The maximum atomic E-state index is 14.0. The van der Waals surface area contributed by atoms with Crippen LogP contribution in [0.25, 0.3) is 61.6 Å². The summed E-state index contributed by atoms with van der Waals surface area (Å²) in [6, 6.07) is 40.7. The molecule has 0 amide bonds. The van der Waals surface area contributed by atoms with Crippen LogP contribution in [0.2, 0.25) is 0 Å². The first-order valence-electron chi connectivity index (χ1n) is 14.0. The van der Waals surface area contributed by atoms with Gasteiger partial charge in [-0.1, -0.05) is 42.1 Å². The normalized spacial score (nSPS) is 10.9. The summed E-state index contributed by atoms with van der Waals surface area (Å²) in [4.78, 5) is 12.6. The van der Waals surface area contributed by atoms with Gasteiger partial charge in [0, 0.05) is 72.6 Å². The summed E-state index contributed by atoms with van der Waals surface area (Å²) in [5.74, 6) is -0.0438. The fraction of sp³-hybridized carbons (Fsp3) is 0. The average Bonchev–Trinajstić information content (AvgIpc) is 3.10. The van der Waals surface area contributed by atoms with Crippen molar-refractivity contribution in [3.63, 3.8) is 0 Å². The maximum Gasteiger partial charge on any atom is 0.219 e. The minimum absolute atomic E-state index is 0.0438. The van der Waals surface area contributed by atoms with E-state index in [1.807, 2.05) is 97.3 Å². The Labute approximate surface area is 250 Å². The lowest BCUT2D eigenvalue weighted by atomic mass is 9.95. The molecule has 3 aromatic carbocycles. The Morgan fingerprint density at radius 1 is 0.395 bits per heavy atom. The summed E-state index contributed by atoms with van der Waals surface area (Å²) in [7, 11) is 0. The van der Waals surface area contributed by atoms with Crippen LogP contribution in [0.4, 0.5) is 0 Å². The van der Waals surface area contributed by atoms with Crippen LogP contribution in [-0.2, 0) is 0 Å². The van der Waals surface area contributed by atoms with Crippen molar-refractivity contribution >= 4 is 0 Å². The van der Waals surface area contributed by atoms with E-state index in [2.05, 4.69) is 55.9 Å². The fourth-order valence-corrected chi connectivity index (χ4v) is 5.46. The second kappa shape index (κ2) is 11.5. The predicted octanol–water partition coefficient (Wildman–Crippen LogP) is 7.56. The van der Waals surface area contributed by atoms with Crippen LogP contribution < -0.4 is 9.67 Å². The molecular weight excluding hydrogens is 528 g/mol. The van der Waals surface area contributed by atoms with Crippen LogP contribution in [-0.4, -0.2) is 15.0 Å². The molecule has 0 N–H and O–H groups in total. The fourth-order valence-electron chi connectivity index (χ4n) is 5.46. The Morgan fingerprint density at radius 3 is 1.21 bits per heavy atom. The topological polar surface area (TPSA) is 65.6 Å². The zero-order valence-electron chi connectivity index (χ0n) is 23.2. The molecular formula is C38H26N4O. The summed E-state index contributed by atoms with van der Waals surface area (Å²) < 4.78 is 2.25. The lowest BCUT2D eigenvalue weighted by Gasteiger charge is -2.21. The summed E-state index contributed by atoms with van der Waals surface area (Å²) in [6.07, 6.45) is 10.5. The molecule has 0 fully saturated rings. The predicted molar refractivity (Wildman–Crippen MR) is 168 cm³/mol. The van der Waals surface area contributed by atoms with Crippen molar-refractivity contribution < 1.29 is 9.67 Å². The number of benzene rings is 3. The molecule has 0 radical (unpaired) electrons. The highest BCUT2D eigenvalue weighted by atomic mass is 16.3. The Kier molecular flexibility index (Phi) is 6.96. The van der Waals surface area contributed by atoms with Gasteiger partial charge in [-0.15, -0.1) is 0 Å². The smallest absolute Gasteiger partial charge is 0.219 e. The van der Waals surface area contributed by atoms with Gasteiger partial charge in [-0.3, -0.25) is 15.0 Å². The van der Waals surface area contributed by atoms with Gasteiger partial charge in [0.05, 0.1) is 0 Å². The first kappa shape index (κ1) is 26.0. The van der Waals surface area contributed by atoms with E-state index in [0.717, 1.165) is 50.5 Å². The number of rotatable bonds is 6. The first-order valence-corrected chi connectivity index (χ1v) is 14.0. The summed E-state index contributed by atoms with van der Waals surface area (Å²) in [6.45, 7) is 0. The molecule has 5 heteroatoms. The Hall–Kier alpha value is -5.94. The highest BCUT2D eigenvalue weighted by Crippen LogP contribution is 2.39. The number of aromatic nitrogens is 4. The van der Waals surface area contributed by atoms with E-state index in [1.165, 1.54) is 0 Å². The highest BCUT2D eigenvalue weighted by Gasteiger charge is 2.26. The first-order chi connectivity index (χ1) is 21.3. The SMILES string of the molecule is [O-]c1c(-c2ccncc2)cc(-[n+]2c(-c3ccccc3)cc(-c3ccncc3)cc2-c2ccccc2)cc1-c1ccncc1. The minimum atomic E-state index is -0.0438. The van der Waals surface area contributed by atoms with E-state index in [4.69, 9.17) is 0 Å². The molecule has 7 rings (SSSR count). The number of pyridine rings is 4. The second-order valence-electron chi connectivity index (χ2n) is 10.2. The highest BCUT2D eigenvalue weighted by molar-refractivity contribution is 5.84. The van der Waals surface area contributed by atoms with E-state index in [1.54, 1.807) is 24.8 Å². The zero-order valence-corrected chi connectivity index (χ0v) is 23.2. The molecule has 0 saturated carbocycles. The maximum absolute atomic E-state index is 14.0. The molecule has 204 valence electrons. The van der Waals surface area contributed by atoms with Crippen molar-refractivity contribution in [2.24, 2.45) is 0 Å². The van der Waals surface area contributed by atoms with Gasteiger partial charge >= 0.3 is 0 Å². The van der Waals surface area contributed by atoms with E-state index in [-0.39, 0.29) is 5.75 Å². The number of nitrogens with zero attached hydrogens (tertiary/aromatic N) is 4. The molecule has 0 unspecified atom stereocenters. The average molecular weight is 555 g/mol. The quantitative estimate of drug-likeness (QED) is 0.199. The Balaban J connectivity index is 1.60. The van der Waals surface area contributed by atoms with Gasteiger partial charge < -0.3 is 5.11 Å². The zero-order chi connectivity index (χ0) is 29.0. The van der Waals surface area contributed by atoms with Crippen molar-refractivity contribution in [3.05, 3.63) is 159 Å². The summed E-state index contributed by atoms with van der Waals surface area (Å²) in [5, 5.41) is 14.0. The van der Waals surface area contributed by atoms with Crippen molar-refractivity contribution in [1.29, 1.82) is 0 Å². The lowest BCUT2D eigenvalue weighted by Crippen LogP contribution is -2.36. The second-order valence-corrected chi connectivity index (χ2v) is 10.2. The van der Waals surface area contributed by atoms with Gasteiger partial charge in [-0.25, -0.2) is 0 Å². The molecule has 0 atom stereocenters. The van der Waals surface area contributed by atoms with Gasteiger partial charge in [0.25, 0.3) is 0 Å². The Bertz CT molecular complexity index is 1880. The molecule has 0 saturated heterocycles. The Morgan fingerprint density at radius 2 is 0.791 bits per heavy atom. The van der Waals surface area contributed by atoms with Crippen molar-refractivity contribution in [1.82, 2.24) is 15.0 Å². The standard InChI is InChI=1S/C38H26N4O/c43-38-34(28-13-19-40-20-14-28)25-33(26-35(38)29-15-21-41-22-16-29)42-36(30-7-3-1-4-8-30)23-32(27-11-17-39-18-12-27)24-37(42)31-9-5-2-6-10-31/h1-26H. The van der Waals surface area contributed by atoms with Gasteiger partial charge in [-0.2, -0.15) is 4.57 Å². The van der Waals surface area contributed by atoms with Gasteiger partial charge in [0.2, 0.25) is 17.1 Å². The molecule has 0 aliphatic rings. The van der Waals surface area contributed by atoms with E-state index < -0.39 is 0 Å². The van der Waals surface area contributed by atoms with E-state index in [9.17, 15) is 5.11 Å². The number of hydrogen-bond acceptors (Lipinski definition) is 4. The van der Waals surface area contributed by atoms with E-state index >= 15 is 0 Å². The molecule has 7 aromatic rings. The van der Waals surface area contributed by atoms with Crippen LogP contribution >= 0.6 is 0 Å². The lowest BCUT2D eigenvalue weighted by molar-refractivity contribution is -0.572. The monoisotopic (exact) mass is 554 g/mol. The molecule has 0 aliphatic heterocycles. The van der Waals surface area contributed by atoms with Crippen molar-refractivity contribution in [2.45, 2.75) is 0 Å². The largest absolute Gasteiger partial charge is 0.872 e. The third-order valence-corrected chi connectivity index (χ3v) is 7.53. The van der Waals surface area contributed by atoms with Crippen LogP contribution in [0, 0.1) is 0 Å². The minimum Gasteiger partial charge on any atom is -0.872 e. The molecule has 4 heterocycles. The molecule has 0 spiro atoms. The van der Waals surface area contributed by atoms with Crippen LogP contribution in [0.5, 0.6) is 5.75 Å². The van der Waals surface area contributed by atoms with Crippen molar-refractivity contribution in [2.75, 3.05) is 0 Å². The summed E-state index contributed by atoms with van der Waals surface area (Å²) in [5.41, 5.74) is 9.95. The van der Waals surface area contributed by atoms with Gasteiger partial charge in [-0.05, 0) is 94.0 Å². The van der Waals surface area contributed by atoms with E-state index in [0.29, 0.717) is 11.1 Å². The third-order valence-electron chi connectivity index (χ3n) is 7.53. The van der Waals surface area contributed by atoms with Crippen LogP contribution in [0.15, 0.2) is 159 Å². The van der Waals surface area contributed by atoms with Gasteiger partial charge in [0.1, 0.15) is 0 Å². The third kappa shape index (κ3) is 5.16. The van der Waals surface area contributed by atoms with Crippen LogP contribution in [0.1, 0.15) is 0 Å². The van der Waals surface area contributed by atoms with Gasteiger partial charge in [0.15, 0.2) is 0 Å². The molecule has 5 nitrogen and oxygen atoms in total. The van der Waals surface area contributed by atoms with Crippen LogP contribution in [0.3, 0.4) is 0 Å². The molecule has 4 aromatic heterocycles. The van der Waals surface area contributed by atoms with Crippen molar-refractivity contribution in [3.8, 4) is 67.3 Å². The summed E-state index contributed by atoms with van der Waals surface area (Å²) >= 11 is 0.